The second-order valence-electron chi connectivity index (χ2n) is 4.41. The molecule has 1 aromatic rings. The molecule has 17 heavy (non-hydrogen) atoms. The Hall–Kier alpha value is -1.00. The first-order valence-corrected chi connectivity index (χ1v) is 6.81. The van der Waals surface area contributed by atoms with Gasteiger partial charge in [0.05, 0.1) is 12.0 Å². The van der Waals surface area contributed by atoms with Crippen molar-refractivity contribution in [3.63, 3.8) is 0 Å². The van der Waals surface area contributed by atoms with Crippen LogP contribution in [0.25, 0.3) is 0 Å². The molecule has 0 aliphatic carbocycles. The van der Waals surface area contributed by atoms with Gasteiger partial charge in [-0.15, -0.1) is 0 Å². The Bertz CT molecular complexity index is 367. The molecule has 0 fully saturated rings. The van der Waals surface area contributed by atoms with E-state index < -0.39 is 0 Å². The van der Waals surface area contributed by atoms with Crippen LogP contribution in [0.2, 0.25) is 5.02 Å². The average molecular weight is 250 g/mol. The van der Waals surface area contributed by atoms with Gasteiger partial charge >= 0.3 is 0 Å². The van der Waals surface area contributed by atoms with Gasteiger partial charge in [-0.1, -0.05) is 68.8 Å². The molecule has 0 radical (unpaired) electrons. The molecule has 1 nitrogen and oxygen atoms in total. The molecule has 0 N–H and O–H groups in total. The first kappa shape index (κ1) is 14.1. The van der Waals surface area contributed by atoms with Gasteiger partial charge in [-0.05, 0) is 18.1 Å². The summed E-state index contributed by atoms with van der Waals surface area (Å²) in [7, 11) is 0. The molecule has 2 heteroatoms. The number of nitrogens with zero attached hydrogens (tertiary/aromatic N) is 1. The first-order chi connectivity index (χ1) is 8.29. The molecule has 0 aliphatic heterocycles. The monoisotopic (exact) mass is 249 g/mol. The SMILES string of the molecule is CCCCCCC[C@H](C#N)c1ccccc1Cl. The topological polar surface area (TPSA) is 23.8 Å². The maximum atomic E-state index is 9.20. The van der Waals surface area contributed by atoms with Gasteiger partial charge in [-0.25, -0.2) is 0 Å². The molecular formula is C15H20ClN. The molecule has 0 aliphatic rings. The summed E-state index contributed by atoms with van der Waals surface area (Å²) in [4.78, 5) is 0. The molecule has 0 saturated carbocycles. The van der Waals surface area contributed by atoms with Crippen LogP contribution >= 0.6 is 11.6 Å². The number of nitriles is 1. The zero-order valence-electron chi connectivity index (χ0n) is 10.5. The van der Waals surface area contributed by atoms with Gasteiger partial charge in [0.1, 0.15) is 0 Å². The van der Waals surface area contributed by atoms with Crippen molar-refractivity contribution in [2.75, 3.05) is 0 Å². The van der Waals surface area contributed by atoms with Crippen LogP contribution in [0.15, 0.2) is 24.3 Å². The Balaban J connectivity index is 2.45. The fraction of sp³-hybridized carbons (Fsp3) is 0.533. The highest BCUT2D eigenvalue weighted by Gasteiger charge is 2.12. The highest BCUT2D eigenvalue weighted by atomic mass is 35.5. The Kier molecular flexibility index (Phi) is 6.74. The highest BCUT2D eigenvalue weighted by Crippen LogP contribution is 2.28. The number of hydrogen-bond donors (Lipinski definition) is 0. The van der Waals surface area contributed by atoms with Gasteiger partial charge in [0.15, 0.2) is 0 Å². The van der Waals surface area contributed by atoms with Crippen LogP contribution in [0, 0.1) is 11.3 Å². The zero-order valence-corrected chi connectivity index (χ0v) is 11.2. The van der Waals surface area contributed by atoms with Crippen molar-refractivity contribution in [1.82, 2.24) is 0 Å². The van der Waals surface area contributed by atoms with Gasteiger partial charge in [-0.2, -0.15) is 5.26 Å². The molecule has 92 valence electrons. The van der Waals surface area contributed by atoms with Crippen molar-refractivity contribution in [2.45, 2.75) is 51.4 Å². The molecule has 0 bridgehead atoms. The van der Waals surface area contributed by atoms with Crippen LogP contribution < -0.4 is 0 Å². The zero-order chi connectivity index (χ0) is 12.5. The predicted octanol–water partition coefficient (Wildman–Crippen LogP) is 5.31. The lowest BCUT2D eigenvalue weighted by Crippen LogP contribution is -1.97. The van der Waals surface area contributed by atoms with Crippen molar-refractivity contribution in [1.29, 1.82) is 5.26 Å². The highest BCUT2D eigenvalue weighted by molar-refractivity contribution is 6.31. The summed E-state index contributed by atoms with van der Waals surface area (Å²) in [5.41, 5.74) is 0.979. The summed E-state index contributed by atoms with van der Waals surface area (Å²) in [6.07, 6.45) is 7.08. The number of unbranched alkanes of at least 4 members (excludes halogenated alkanes) is 4. The van der Waals surface area contributed by atoms with Gasteiger partial charge in [0, 0.05) is 5.02 Å². The minimum absolute atomic E-state index is 0.0506. The standard InChI is InChI=1S/C15H20ClN/c1-2-3-4-5-6-9-13(12-17)14-10-7-8-11-15(14)16/h7-8,10-11,13H,2-6,9H2,1H3/t13-/m1/s1. The smallest absolute Gasteiger partial charge is 0.0727 e. The fourth-order valence-electron chi connectivity index (χ4n) is 2.00. The van der Waals surface area contributed by atoms with E-state index in [9.17, 15) is 5.26 Å². The summed E-state index contributed by atoms with van der Waals surface area (Å²) in [5, 5.41) is 9.91. The summed E-state index contributed by atoms with van der Waals surface area (Å²) in [6, 6.07) is 10.0. The van der Waals surface area contributed by atoms with E-state index >= 15 is 0 Å². The summed E-state index contributed by atoms with van der Waals surface area (Å²) < 4.78 is 0. The van der Waals surface area contributed by atoms with Crippen molar-refractivity contribution >= 4 is 11.6 Å². The van der Waals surface area contributed by atoms with Crippen molar-refractivity contribution in [3.05, 3.63) is 34.9 Å². The largest absolute Gasteiger partial charge is 0.198 e. The van der Waals surface area contributed by atoms with E-state index in [4.69, 9.17) is 11.6 Å². The maximum absolute atomic E-state index is 9.20. The molecule has 1 atom stereocenters. The number of halogens is 1. The van der Waals surface area contributed by atoms with E-state index in [1.54, 1.807) is 0 Å². The molecule has 0 unspecified atom stereocenters. The predicted molar refractivity (Wildman–Crippen MR) is 73.2 cm³/mol. The number of benzene rings is 1. The minimum Gasteiger partial charge on any atom is -0.198 e. The molecule has 0 amide bonds. The molecule has 1 rings (SSSR count). The average Bonchev–Trinajstić information content (AvgIpc) is 2.35. The van der Waals surface area contributed by atoms with E-state index in [0.717, 1.165) is 18.4 Å². The van der Waals surface area contributed by atoms with Gasteiger partial charge in [0.25, 0.3) is 0 Å². The van der Waals surface area contributed by atoms with E-state index in [1.165, 1.54) is 25.7 Å². The maximum Gasteiger partial charge on any atom is 0.0727 e. The van der Waals surface area contributed by atoms with E-state index in [-0.39, 0.29) is 5.92 Å². The molecular weight excluding hydrogens is 230 g/mol. The number of rotatable bonds is 7. The Morgan fingerprint density at radius 1 is 1.18 bits per heavy atom. The molecule has 1 aromatic carbocycles. The normalized spacial score (nSPS) is 12.1. The van der Waals surface area contributed by atoms with Gasteiger partial charge in [-0.3, -0.25) is 0 Å². The summed E-state index contributed by atoms with van der Waals surface area (Å²) >= 11 is 6.11. The summed E-state index contributed by atoms with van der Waals surface area (Å²) in [5.74, 6) is -0.0506. The Morgan fingerprint density at radius 2 is 1.88 bits per heavy atom. The third kappa shape index (κ3) is 4.79. The lowest BCUT2D eigenvalue weighted by atomic mass is 9.94. The van der Waals surface area contributed by atoms with Crippen molar-refractivity contribution in [2.24, 2.45) is 0 Å². The second kappa shape index (κ2) is 8.14. The first-order valence-electron chi connectivity index (χ1n) is 6.43. The molecule has 0 aromatic heterocycles. The van der Waals surface area contributed by atoms with Crippen LogP contribution in [0.4, 0.5) is 0 Å². The quantitative estimate of drug-likeness (QED) is 0.601. The van der Waals surface area contributed by atoms with Crippen molar-refractivity contribution in [3.8, 4) is 6.07 Å². The van der Waals surface area contributed by atoms with E-state index in [0.29, 0.717) is 5.02 Å². The van der Waals surface area contributed by atoms with Crippen molar-refractivity contribution < 1.29 is 0 Å². The van der Waals surface area contributed by atoms with Crippen LogP contribution in [0.1, 0.15) is 56.9 Å². The second-order valence-corrected chi connectivity index (χ2v) is 4.81. The lowest BCUT2D eigenvalue weighted by Gasteiger charge is -2.10. The third-order valence-electron chi connectivity index (χ3n) is 3.03. The van der Waals surface area contributed by atoms with Gasteiger partial charge in [0.2, 0.25) is 0 Å². The third-order valence-corrected chi connectivity index (χ3v) is 3.38. The van der Waals surface area contributed by atoms with Crippen LogP contribution in [0.3, 0.4) is 0 Å². The van der Waals surface area contributed by atoms with E-state index in [2.05, 4.69) is 13.0 Å². The fourth-order valence-corrected chi connectivity index (χ4v) is 2.27. The van der Waals surface area contributed by atoms with E-state index in [1.807, 2.05) is 24.3 Å². The number of hydrogen-bond acceptors (Lipinski definition) is 1. The Morgan fingerprint density at radius 3 is 2.53 bits per heavy atom. The Labute approximate surface area is 109 Å². The molecule has 0 saturated heterocycles. The van der Waals surface area contributed by atoms with Crippen LogP contribution in [0.5, 0.6) is 0 Å². The summed E-state index contributed by atoms with van der Waals surface area (Å²) in [6.45, 7) is 2.21. The lowest BCUT2D eigenvalue weighted by molar-refractivity contribution is 0.589. The molecule has 0 spiro atoms. The van der Waals surface area contributed by atoms with Gasteiger partial charge < -0.3 is 0 Å². The molecule has 0 heterocycles. The minimum atomic E-state index is -0.0506. The van der Waals surface area contributed by atoms with Crippen LogP contribution in [-0.4, -0.2) is 0 Å². The van der Waals surface area contributed by atoms with Crippen LogP contribution in [-0.2, 0) is 0 Å².